The molecule has 1 unspecified atom stereocenters. The molecule has 2 aromatic carbocycles. The van der Waals surface area contributed by atoms with E-state index in [1.54, 1.807) is 11.8 Å². The molecule has 0 saturated carbocycles. The largest absolute Gasteiger partial charge is 0.293 e. The Morgan fingerprint density at radius 1 is 1.00 bits per heavy atom. The minimum atomic E-state index is -0.00685. The molecule has 92 valence electrons. The lowest BCUT2D eigenvalue weighted by molar-refractivity contribution is 0.0994. The van der Waals surface area contributed by atoms with Gasteiger partial charge in [0.1, 0.15) is 0 Å². The zero-order valence-electron chi connectivity index (χ0n) is 10.4. The highest BCUT2D eigenvalue weighted by atomic mass is 32.2. The first-order valence-corrected chi connectivity index (χ1v) is 7.07. The summed E-state index contributed by atoms with van der Waals surface area (Å²) in [5.41, 5.74) is 2.06. The van der Waals surface area contributed by atoms with E-state index in [-0.39, 0.29) is 11.0 Å². The maximum atomic E-state index is 12.1. The maximum absolute atomic E-state index is 12.1. The Hall–Kier alpha value is -1.54. The molecule has 0 saturated heterocycles. The zero-order chi connectivity index (χ0) is 12.8. The second kappa shape index (κ2) is 6.41. The Morgan fingerprint density at radius 3 is 2.17 bits per heavy atom. The fourth-order valence-electron chi connectivity index (χ4n) is 1.71. The molecule has 0 aliphatic heterocycles. The fourth-order valence-corrected chi connectivity index (χ4v) is 2.63. The average molecular weight is 256 g/mol. The van der Waals surface area contributed by atoms with Crippen LogP contribution in [0.25, 0.3) is 0 Å². The number of hydrogen-bond donors (Lipinski definition) is 0. The number of benzene rings is 2. The predicted octanol–water partition coefficient (Wildman–Crippen LogP) is 4.19. The van der Waals surface area contributed by atoms with E-state index in [1.165, 1.54) is 5.56 Å². The second-order valence-corrected chi connectivity index (χ2v) is 5.50. The highest BCUT2D eigenvalue weighted by Gasteiger charge is 2.14. The Kier molecular flexibility index (Phi) is 4.59. The lowest BCUT2D eigenvalue weighted by Crippen LogP contribution is -2.13. The number of carbonyl (C=O) groups excluding carboxylic acids is 1. The zero-order valence-corrected chi connectivity index (χ0v) is 11.2. The number of hydrogen-bond acceptors (Lipinski definition) is 2. The van der Waals surface area contributed by atoms with Crippen molar-refractivity contribution in [3.63, 3.8) is 0 Å². The van der Waals surface area contributed by atoms with E-state index in [2.05, 4.69) is 12.1 Å². The topological polar surface area (TPSA) is 17.1 Å². The van der Waals surface area contributed by atoms with Gasteiger partial charge in [-0.1, -0.05) is 60.7 Å². The minimum absolute atomic E-state index is 0.00685. The van der Waals surface area contributed by atoms with Crippen molar-refractivity contribution >= 4 is 17.5 Å². The van der Waals surface area contributed by atoms with Crippen LogP contribution in [0, 0.1) is 0 Å². The van der Waals surface area contributed by atoms with Crippen molar-refractivity contribution < 1.29 is 4.79 Å². The number of carbonyl (C=O) groups is 1. The monoisotopic (exact) mass is 256 g/mol. The van der Waals surface area contributed by atoms with E-state index in [9.17, 15) is 4.79 Å². The Labute approximate surface area is 112 Å². The van der Waals surface area contributed by atoms with Crippen molar-refractivity contribution in [2.24, 2.45) is 0 Å². The van der Waals surface area contributed by atoms with E-state index in [0.29, 0.717) is 0 Å². The summed E-state index contributed by atoms with van der Waals surface area (Å²) in [4.78, 5) is 12.1. The lowest BCUT2D eigenvalue weighted by Gasteiger charge is -2.10. The van der Waals surface area contributed by atoms with Gasteiger partial charge in [0.05, 0.1) is 5.25 Å². The third-order valence-corrected chi connectivity index (χ3v) is 3.98. The summed E-state index contributed by atoms with van der Waals surface area (Å²) in [6, 6.07) is 19.7. The molecule has 18 heavy (non-hydrogen) atoms. The molecule has 1 atom stereocenters. The summed E-state index contributed by atoms with van der Waals surface area (Å²) in [5, 5.41) is -0.00685. The van der Waals surface area contributed by atoms with Crippen molar-refractivity contribution in [3.05, 3.63) is 71.8 Å². The first-order valence-electron chi connectivity index (χ1n) is 6.02. The molecular weight excluding hydrogens is 240 g/mol. The predicted molar refractivity (Wildman–Crippen MR) is 78.0 cm³/mol. The highest BCUT2D eigenvalue weighted by Crippen LogP contribution is 2.20. The van der Waals surface area contributed by atoms with Crippen LogP contribution in [-0.2, 0) is 5.75 Å². The van der Waals surface area contributed by atoms with Crippen molar-refractivity contribution in [1.29, 1.82) is 0 Å². The van der Waals surface area contributed by atoms with Crippen molar-refractivity contribution in [2.45, 2.75) is 17.9 Å². The van der Waals surface area contributed by atoms with E-state index < -0.39 is 0 Å². The van der Waals surface area contributed by atoms with Crippen LogP contribution in [0.4, 0.5) is 0 Å². The molecule has 0 heterocycles. The summed E-state index contributed by atoms with van der Waals surface area (Å²) in [6.45, 7) is 1.98. The molecule has 0 aliphatic carbocycles. The van der Waals surface area contributed by atoms with Crippen molar-refractivity contribution in [2.75, 3.05) is 0 Å². The van der Waals surface area contributed by atoms with Crippen LogP contribution in [0.15, 0.2) is 60.7 Å². The van der Waals surface area contributed by atoms with Gasteiger partial charge in [0.2, 0.25) is 0 Å². The highest BCUT2D eigenvalue weighted by molar-refractivity contribution is 7.99. The minimum Gasteiger partial charge on any atom is -0.293 e. The molecule has 0 aliphatic rings. The molecule has 0 bridgehead atoms. The number of Topliss-reactive ketones (excluding diaryl/α,β-unsaturated/α-hetero) is 1. The van der Waals surface area contributed by atoms with Crippen LogP contribution in [0.3, 0.4) is 0 Å². The van der Waals surface area contributed by atoms with Gasteiger partial charge >= 0.3 is 0 Å². The summed E-state index contributed by atoms with van der Waals surface area (Å²) in [5.74, 6) is 1.08. The van der Waals surface area contributed by atoms with Crippen LogP contribution >= 0.6 is 11.8 Å². The van der Waals surface area contributed by atoms with Gasteiger partial charge < -0.3 is 0 Å². The van der Waals surface area contributed by atoms with Gasteiger partial charge in [-0.05, 0) is 12.5 Å². The number of thioether (sulfide) groups is 1. The van der Waals surface area contributed by atoms with E-state index >= 15 is 0 Å². The molecule has 0 N–H and O–H groups in total. The summed E-state index contributed by atoms with van der Waals surface area (Å²) in [7, 11) is 0. The Bertz CT molecular complexity index is 493. The summed E-state index contributed by atoms with van der Waals surface area (Å²) >= 11 is 1.68. The van der Waals surface area contributed by atoms with Gasteiger partial charge in [-0.2, -0.15) is 0 Å². The van der Waals surface area contributed by atoms with Crippen molar-refractivity contribution in [3.8, 4) is 0 Å². The first kappa shape index (κ1) is 12.9. The van der Waals surface area contributed by atoms with Gasteiger partial charge in [0, 0.05) is 11.3 Å². The standard InChI is InChI=1S/C16H16OS/c1-13(16(17)15-10-6-3-7-11-15)18-12-14-8-4-2-5-9-14/h2-11,13H,12H2,1H3. The quantitative estimate of drug-likeness (QED) is 0.746. The summed E-state index contributed by atoms with van der Waals surface area (Å²) < 4.78 is 0. The van der Waals surface area contributed by atoms with E-state index in [0.717, 1.165) is 11.3 Å². The molecule has 0 aromatic heterocycles. The number of rotatable bonds is 5. The molecule has 2 rings (SSSR count). The maximum Gasteiger partial charge on any atom is 0.175 e. The van der Waals surface area contributed by atoms with Gasteiger partial charge in [0.15, 0.2) is 5.78 Å². The van der Waals surface area contributed by atoms with Gasteiger partial charge in [0.25, 0.3) is 0 Å². The molecule has 2 aromatic rings. The molecular formula is C16H16OS. The molecule has 0 radical (unpaired) electrons. The average Bonchev–Trinajstić information content (AvgIpc) is 2.46. The van der Waals surface area contributed by atoms with Crippen LogP contribution in [-0.4, -0.2) is 11.0 Å². The normalized spacial score (nSPS) is 12.1. The number of ketones is 1. The van der Waals surface area contributed by atoms with Gasteiger partial charge in [-0.15, -0.1) is 11.8 Å². The van der Waals surface area contributed by atoms with E-state index in [1.807, 2.05) is 55.5 Å². The lowest BCUT2D eigenvalue weighted by atomic mass is 10.1. The molecule has 0 fully saturated rings. The van der Waals surface area contributed by atoms with Crippen LogP contribution < -0.4 is 0 Å². The van der Waals surface area contributed by atoms with Crippen LogP contribution in [0.5, 0.6) is 0 Å². The Balaban J connectivity index is 1.93. The first-order chi connectivity index (χ1) is 8.77. The third kappa shape index (κ3) is 3.47. The van der Waals surface area contributed by atoms with E-state index in [4.69, 9.17) is 0 Å². The Morgan fingerprint density at radius 2 is 1.56 bits per heavy atom. The third-order valence-electron chi connectivity index (χ3n) is 2.77. The van der Waals surface area contributed by atoms with Crippen LogP contribution in [0.2, 0.25) is 0 Å². The molecule has 0 amide bonds. The van der Waals surface area contributed by atoms with Crippen LogP contribution in [0.1, 0.15) is 22.8 Å². The van der Waals surface area contributed by atoms with Crippen molar-refractivity contribution in [1.82, 2.24) is 0 Å². The molecule has 2 heteroatoms. The second-order valence-electron chi connectivity index (χ2n) is 4.17. The molecule has 0 spiro atoms. The summed E-state index contributed by atoms with van der Waals surface area (Å²) in [6.07, 6.45) is 0. The smallest absolute Gasteiger partial charge is 0.175 e. The molecule has 1 nitrogen and oxygen atoms in total. The fraction of sp³-hybridized carbons (Fsp3) is 0.188. The van der Waals surface area contributed by atoms with Gasteiger partial charge in [-0.3, -0.25) is 4.79 Å². The SMILES string of the molecule is CC(SCc1ccccc1)C(=O)c1ccccc1. The van der Waals surface area contributed by atoms with Gasteiger partial charge in [-0.25, -0.2) is 0 Å².